The smallest absolute Gasteiger partial charge is 0.409 e. The van der Waals surface area contributed by atoms with Gasteiger partial charge in [0.25, 0.3) is 0 Å². The molecule has 0 aromatic carbocycles. The van der Waals surface area contributed by atoms with Crippen LogP contribution in [0.3, 0.4) is 0 Å². The lowest BCUT2D eigenvalue weighted by Gasteiger charge is -2.52. The average molecular weight is 335 g/mol. The Balaban J connectivity index is 1.22. The molecule has 5 heteroatoms. The maximum absolute atomic E-state index is 11.9. The molecule has 24 heavy (non-hydrogen) atoms. The number of nitrogens with one attached hydrogen (secondary N) is 1. The van der Waals surface area contributed by atoms with Crippen LogP contribution in [0.5, 0.6) is 0 Å². The van der Waals surface area contributed by atoms with E-state index in [0.29, 0.717) is 12.0 Å². The van der Waals surface area contributed by atoms with Crippen LogP contribution in [0.4, 0.5) is 4.79 Å². The summed E-state index contributed by atoms with van der Waals surface area (Å²) in [6.07, 6.45) is 9.14. The Morgan fingerprint density at radius 3 is 2.67 bits per heavy atom. The summed E-state index contributed by atoms with van der Waals surface area (Å²) in [6.45, 7) is 7.97. The van der Waals surface area contributed by atoms with E-state index in [-0.39, 0.29) is 6.09 Å². The molecule has 0 aromatic rings. The Hall–Kier alpha value is -0.810. The third-order valence-electron chi connectivity index (χ3n) is 7.06. The van der Waals surface area contributed by atoms with Crippen molar-refractivity contribution in [1.82, 2.24) is 15.1 Å². The molecule has 1 atom stereocenters. The Labute approximate surface area is 146 Å². The van der Waals surface area contributed by atoms with Gasteiger partial charge in [-0.15, -0.1) is 0 Å². The highest BCUT2D eigenvalue weighted by Gasteiger charge is 2.51. The van der Waals surface area contributed by atoms with E-state index in [9.17, 15) is 4.79 Å². The zero-order valence-corrected chi connectivity index (χ0v) is 15.1. The van der Waals surface area contributed by atoms with Crippen LogP contribution in [-0.2, 0) is 4.74 Å². The van der Waals surface area contributed by atoms with Crippen molar-refractivity contribution >= 4 is 6.09 Å². The summed E-state index contributed by atoms with van der Waals surface area (Å²) in [5, 5.41) is 3.70. The van der Waals surface area contributed by atoms with Crippen molar-refractivity contribution in [3.8, 4) is 0 Å². The summed E-state index contributed by atoms with van der Waals surface area (Å²) in [5.41, 5.74) is 0.404. The summed E-state index contributed by atoms with van der Waals surface area (Å²) in [5.74, 6) is 0.906. The molecule has 1 aliphatic carbocycles. The molecule has 3 aliphatic heterocycles. The molecule has 1 spiro atoms. The first-order valence-corrected chi connectivity index (χ1v) is 10.1. The second kappa shape index (κ2) is 6.83. The largest absolute Gasteiger partial charge is 0.450 e. The van der Waals surface area contributed by atoms with E-state index in [0.717, 1.165) is 31.1 Å². The van der Waals surface area contributed by atoms with Gasteiger partial charge in [0, 0.05) is 25.2 Å². The maximum atomic E-state index is 11.9. The normalized spacial score (nSPS) is 37.8. The number of piperidine rings is 1. The Morgan fingerprint density at radius 1 is 1.21 bits per heavy atom. The lowest BCUT2D eigenvalue weighted by atomic mass is 9.64. The first kappa shape index (κ1) is 16.6. The topological polar surface area (TPSA) is 44.8 Å². The van der Waals surface area contributed by atoms with Crippen LogP contribution in [0, 0.1) is 11.3 Å². The molecular formula is C19H33N3O2. The number of carbonyl (C=O) groups is 1. The average Bonchev–Trinajstić information content (AvgIpc) is 3.24. The highest BCUT2D eigenvalue weighted by molar-refractivity contribution is 5.68. The second-order valence-electron chi connectivity index (χ2n) is 8.51. The van der Waals surface area contributed by atoms with Crippen molar-refractivity contribution in [1.29, 1.82) is 0 Å². The number of nitrogens with zero attached hydrogens (tertiary/aromatic N) is 2. The van der Waals surface area contributed by atoms with Gasteiger partial charge >= 0.3 is 6.09 Å². The molecule has 4 fully saturated rings. The third kappa shape index (κ3) is 3.17. The molecule has 0 aromatic heterocycles. The lowest BCUT2D eigenvalue weighted by molar-refractivity contribution is -0.0115. The molecular weight excluding hydrogens is 302 g/mol. The Morgan fingerprint density at radius 2 is 2.00 bits per heavy atom. The van der Waals surface area contributed by atoms with Gasteiger partial charge in [-0.25, -0.2) is 4.79 Å². The van der Waals surface area contributed by atoms with E-state index < -0.39 is 0 Å². The molecule has 0 radical (unpaired) electrons. The van der Waals surface area contributed by atoms with E-state index in [1.165, 1.54) is 64.6 Å². The minimum atomic E-state index is -0.109. The first-order valence-electron chi connectivity index (χ1n) is 10.1. The zero-order valence-electron chi connectivity index (χ0n) is 15.1. The molecule has 1 N–H and O–H groups in total. The highest BCUT2D eigenvalue weighted by Crippen LogP contribution is 2.50. The molecule has 3 heterocycles. The van der Waals surface area contributed by atoms with Crippen LogP contribution in [0.25, 0.3) is 0 Å². The van der Waals surface area contributed by atoms with Crippen LogP contribution in [-0.4, -0.2) is 67.3 Å². The molecule has 5 nitrogen and oxygen atoms in total. The van der Waals surface area contributed by atoms with Crippen LogP contribution in [0.15, 0.2) is 0 Å². The van der Waals surface area contributed by atoms with Crippen molar-refractivity contribution in [3.05, 3.63) is 0 Å². The SMILES string of the molecule is CCOC(=O)N1CCC2(CC(N3CCC(C4CCCN4)CC3)C2)C1. The molecule has 4 aliphatic rings. The van der Waals surface area contributed by atoms with E-state index in [1.807, 2.05) is 11.8 Å². The second-order valence-corrected chi connectivity index (χ2v) is 8.51. The van der Waals surface area contributed by atoms with Gasteiger partial charge in [-0.2, -0.15) is 0 Å². The Kier molecular flexibility index (Phi) is 4.74. The number of amides is 1. The van der Waals surface area contributed by atoms with Crippen molar-refractivity contribution in [2.24, 2.45) is 11.3 Å². The van der Waals surface area contributed by atoms with Gasteiger partial charge in [-0.3, -0.25) is 0 Å². The minimum absolute atomic E-state index is 0.109. The highest BCUT2D eigenvalue weighted by atomic mass is 16.6. The zero-order chi connectivity index (χ0) is 16.6. The summed E-state index contributed by atoms with van der Waals surface area (Å²) in [6, 6.07) is 1.57. The van der Waals surface area contributed by atoms with Crippen LogP contribution in [0.1, 0.15) is 51.9 Å². The molecule has 1 unspecified atom stereocenters. The van der Waals surface area contributed by atoms with Gasteiger partial charge in [-0.05, 0) is 82.8 Å². The quantitative estimate of drug-likeness (QED) is 0.860. The van der Waals surface area contributed by atoms with Crippen molar-refractivity contribution in [3.63, 3.8) is 0 Å². The first-order chi connectivity index (χ1) is 11.7. The summed E-state index contributed by atoms with van der Waals surface area (Å²) in [4.78, 5) is 16.6. The standard InChI is InChI=1S/C19H33N3O2/c1-2-24-18(23)22-11-7-19(14-22)12-16(13-19)21-9-5-15(6-10-21)17-4-3-8-20-17/h15-17,20H,2-14H2,1H3. The summed E-state index contributed by atoms with van der Waals surface area (Å²) >= 11 is 0. The van der Waals surface area contributed by atoms with E-state index in [4.69, 9.17) is 4.74 Å². The fraction of sp³-hybridized carbons (Fsp3) is 0.947. The summed E-state index contributed by atoms with van der Waals surface area (Å²) in [7, 11) is 0. The van der Waals surface area contributed by atoms with E-state index >= 15 is 0 Å². The van der Waals surface area contributed by atoms with E-state index in [2.05, 4.69) is 10.2 Å². The van der Waals surface area contributed by atoms with Crippen LogP contribution in [0.2, 0.25) is 0 Å². The molecule has 1 saturated carbocycles. The monoisotopic (exact) mass is 335 g/mol. The summed E-state index contributed by atoms with van der Waals surface area (Å²) < 4.78 is 5.16. The fourth-order valence-electron chi connectivity index (χ4n) is 5.64. The van der Waals surface area contributed by atoms with E-state index in [1.54, 1.807) is 0 Å². The van der Waals surface area contributed by atoms with Gasteiger partial charge in [0.1, 0.15) is 0 Å². The fourth-order valence-corrected chi connectivity index (χ4v) is 5.64. The van der Waals surface area contributed by atoms with Gasteiger partial charge in [0.15, 0.2) is 0 Å². The molecule has 4 rings (SSSR count). The molecule has 3 saturated heterocycles. The Bertz CT molecular complexity index is 450. The predicted molar refractivity (Wildman–Crippen MR) is 94.0 cm³/mol. The predicted octanol–water partition coefficient (Wildman–Crippen LogP) is 2.46. The third-order valence-corrected chi connectivity index (χ3v) is 7.06. The number of hydrogen-bond acceptors (Lipinski definition) is 4. The molecule has 136 valence electrons. The van der Waals surface area contributed by atoms with Crippen LogP contribution >= 0.6 is 0 Å². The number of likely N-dealkylation sites (tertiary alicyclic amines) is 2. The van der Waals surface area contributed by atoms with Gasteiger partial charge < -0.3 is 19.9 Å². The van der Waals surface area contributed by atoms with Crippen molar-refractivity contribution in [2.45, 2.75) is 64.0 Å². The minimum Gasteiger partial charge on any atom is -0.450 e. The van der Waals surface area contributed by atoms with Crippen molar-refractivity contribution < 1.29 is 9.53 Å². The lowest BCUT2D eigenvalue weighted by Crippen LogP contribution is -2.55. The number of rotatable bonds is 3. The molecule has 0 bridgehead atoms. The number of hydrogen-bond donors (Lipinski definition) is 1. The van der Waals surface area contributed by atoms with Gasteiger partial charge in [0.05, 0.1) is 6.61 Å². The maximum Gasteiger partial charge on any atom is 0.409 e. The van der Waals surface area contributed by atoms with Crippen molar-refractivity contribution in [2.75, 3.05) is 39.3 Å². The molecule has 1 amide bonds. The van der Waals surface area contributed by atoms with Gasteiger partial charge in [0.2, 0.25) is 0 Å². The van der Waals surface area contributed by atoms with Crippen LogP contribution < -0.4 is 5.32 Å². The number of ether oxygens (including phenoxy) is 1. The number of carbonyl (C=O) groups excluding carboxylic acids is 1. The van der Waals surface area contributed by atoms with Gasteiger partial charge in [-0.1, -0.05) is 0 Å².